The number of carbonyl (C=O) groups is 1. The molecule has 0 fully saturated rings. The normalized spacial score (nSPS) is 21.5. The molecule has 0 heterocycles. The zero-order valence-electron chi connectivity index (χ0n) is 11.0. The molecule has 2 aromatic carbocycles. The molecular weight excluding hydrogens is 239 g/mol. The minimum Gasteiger partial charge on any atom is -0.293 e. The number of benzene rings is 2. The Morgan fingerprint density at radius 3 is 2.63 bits per heavy atom. The van der Waals surface area contributed by atoms with E-state index in [1.807, 2.05) is 38.1 Å². The predicted molar refractivity (Wildman–Crippen MR) is 73.0 cm³/mol. The zero-order valence-corrected chi connectivity index (χ0v) is 11.0. The number of carbonyl (C=O) groups excluding carboxylic acids is 1. The van der Waals surface area contributed by atoms with Gasteiger partial charge in [0.1, 0.15) is 5.82 Å². The molecule has 0 saturated heterocycles. The summed E-state index contributed by atoms with van der Waals surface area (Å²) >= 11 is 0. The Bertz CT molecular complexity index is 675. The first-order chi connectivity index (χ1) is 9.02. The number of halogens is 1. The van der Waals surface area contributed by atoms with Crippen molar-refractivity contribution in [3.8, 4) is 0 Å². The molecule has 0 spiro atoms. The van der Waals surface area contributed by atoms with Crippen LogP contribution in [0.4, 0.5) is 4.39 Å². The van der Waals surface area contributed by atoms with Gasteiger partial charge in [0.05, 0.1) is 5.41 Å². The van der Waals surface area contributed by atoms with Crippen molar-refractivity contribution in [3.63, 3.8) is 0 Å². The number of rotatable bonds is 1. The fourth-order valence-corrected chi connectivity index (χ4v) is 3.10. The minimum atomic E-state index is -0.568. The molecule has 0 aromatic heterocycles. The quantitative estimate of drug-likeness (QED) is 0.756. The van der Waals surface area contributed by atoms with Crippen LogP contribution < -0.4 is 0 Å². The Kier molecular flexibility index (Phi) is 2.56. The van der Waals surface area contributed by atoms with E-state index >= 15 is 0 Å². The molecule has 0 saturated carbocycles. The lowest BCUT2D eigenvalue weighted by atomic mass is 9.77. The maximum absolute atomic E-state index is 13.3. The van der Waals surface area contributed by atoms with Gasteiger partial charge in [0, 0.05) is 5.56 Å². The summed E-state index contributed by atoms with van der Waals surface area (Å²) in [5.74, 6) is -0.183. The van der Waals surface area contributed by atoms with Gasteiger partial charge < -0.3 is 0 Å². The third-order valence-electron chi connectivity index (χ3n) is 4.10. The molecule has 0 unspecified atom stereocenters. The van der Waals surface area contributed by atoms with E-state index in [0.717, 1.165) is 16.7 Å². The zero-order chi connectivity index (χ0) is 13.6. The third kappa shape index (κ3) is 1.71. The molecule has 0 aliphatic heterocycles. The first-order valence-electron chi connectivity index (χ1n) is 6.42. The van der Waals surface area contributed by atoms with Crippen LogP contribution in [0.2, 0.25) is 0 Å². The molecule has 19 heavy (non-hydrogen) atoms. The summed E-state index contributed by atoms with van der Waals surface area (Å²) in [6.07, 6.45) is 0.573. The molecule has 0 bridgehead atoms. The highest BCUT2D eigenvalue weighted by Crippen LogP contribution is 2.40. The standard InChI is InChI=1S/C17H15FO/c1-11-5-3-4-6-15(11)17(2)10-12-9-13(18)7-8-14(12)16(17)19/h3-9H,10H2,1-2H3/t17-/m0/s1. The molecule has 1 nitrogen and oxygen atoms in total. The SMILES string of the molecule is Cc1ccccc1[C@]1(C)Cc2cc(F)ccc2C1=O. The van der Waals surface area contributed by atoms with Crippen molar-refractivity contribution in [2.75, 3.05) is 0 Å². The monoisotopic (exact) mass is 254 g/mol. The van der Waals surface area contributed by atoms with Crippen LogP contribution in [0.25, 0.3) is 0 Å². The van der Waals surface area contributed by atoms with Gasteiger partial charge in [-0.3, -0.25) is 4.79 Å². The lowest BCUT2D eigenvalue weighted by Gasteiger charge is -2.24. The molecule has 2 heteroatoms. The van der Waals surface area contributed by atoms with Crippen LogP contribution in [-0.2, 0) is 11.8 Å². The second-order valence-corrected chi connectivity index (χ2v) is 5.45. The van der Waals surface area contributed by atoms with E-state index in [4.69, 9.17) is 0 Å². The van der Waals surface area contributed by atoms with Crippen LogP contribution in [0, 0.1) is 12.7 Å². The van der Waals surface area contributed by atoms with Gasteiger partial charge in [0.15, 0.2) is 5.78 Å². The summed E-state index contributed by atoms with van der Waals surface area (Å²) in [5, 5.41) is 0. The summed E-state index contributed by atoms with van der Waals surface area (Å²) in [6.45, 7) is 3.97. The molecule has 0 amide bonds. The number of ketones is 1. The molecular formula is C17H15FO. The predicted octanol–water partition coefficient (Wildman–Crippen LogP) is 3.83. The molecule has 3 rings (SSSR count). The van der Waals surface area contributed by atoms with Crippen LogP contribution in [-0.4, -0.2) is 5.78 Å². The molecule has 1 atom stereocenters. The Morgan fingerprint density at radius 2 is 1.89 bits per heavy atom. The van der Waals surface area contributed by atoms with Crippen molar-refractivity contribution in [1.29, 1.82) is 0 Å². The van der Waals surface area contributed by atoms with Crippen LogP contribution in [0.1, 0.15) is 34.0 Å². The van der Waals surface area contributed by atoms with Gasteiger partial charge in [-0.1, -0.05) is 24.3 Å². The van der Waals surface area contributed by atoms with Crippen LogP contribution in [0.3, 0.4) is 0 Å². The largest absolute Gasteiger partial charge is 0.293 e. The second kappa shape index (κ2) is 4.02. The van der Waals surface area contributed by atoms with Crippen LogP contribution >= 0.6 is 0 Å². The smallest absolute Gasteiger partial charge is 0.173 e. The van der Waals surface area contributed by atoms with Crippen molar-refractivity contribution in [3.05, 3.63) is 70.5 Å². The maximum Gasteiger partial charge on any atom is 0.173 e. The Labute approximate surface area is 112 Å². The lowest BCUT2D eigenvalue weighted by molar-refractivity contribution is 0.0915. The molecule has 2 aromatic rings. The van der Waals surface area contributed by atoms with Crippen molar-refractivity contribution in [2.24, 2.45) is 0 Å². The topological polar surface area (TPSA) is 17.1 Å². The fraction of sp³-hybridized carbons (Fsp3) is 0.235. The van der Waals surface area contributed by atoms with Gasteiger partial charge in [-0.2, -0.15) is 0 Å². The molecule has 0 N–H and O–H groups in total. The van der Waals surface area contributed by atoms with Crippen molar-refractivity contribution >= 4 is 5.78 Å². The first kappa shape index (κ1) is 12.1. The molecule has 0 radical (unpaired) electrons. The number of aryl methyl sites for hydroxylation is 1. The highest BCUT2D eigenvalue weighted by Gasteiger charge is 2.43. The summed E-state index contributed by atoms with van der Waals surface area (Å²) < 4.78 is 13.3. The van der Waals surface area contributed by atoms with Gasteiger partial charge in [0.25, 0.3) is 0 Å². The van der Waals surface area contributed by atoms with Crippen molar-refractivity contribution in [1.82, 2.24) is 0 Å². The van der Waals surface area contributed by atoms with Crippen molar-refractivity contribution < 1.29 is 9.18 Å². The third-order valence-corrected chi connectivity index (χ3v) is 4.10. The van der Waals surface area contributed by atoms with Gasteiger partial charge >= 0.3 is 0 Å². The molecule has 1 aliphatic carbocycles. The van der Waals surface area contributed by atoms with Gasteiger partial charge in [-0.15, -0.1) is 0 Å². The van der Waals surface area contributed by atoms with E-state index in [9.17, 15) is 9.18 Å². The molecule has 1 aliphatic rings. The number of hydrogen-bond donors (Lipinski definition) is 0. The Morgan fingerprint density at radius 1 is 1.16 bits per heavy atom. The summed E-state index contributed by atoms with van der Waals surface area (Å²) in [6, 6.07) is 12.4. The highest BCUT2D eigenvalue weighted by atomic mass is 19.1. The first-order valence-corrected chi connectivity index (χ1v) is 6.42. The summed E-state index contributed by atoms with van der Waals surface area (Å²) in [7, 11) is 0. The summed E-state index contributed by atoms with van der Waals surface area (Å²) in [4.78, 5) is 12.7. The highest BCUT2D eigenvalue weighted by molar-refractivity contribution is 6.08. The average molecular weight is 254 g/mol. The number of Topliss-reactive ketones (excluding diaryl/α,β-unsaturated/α-hetero) is 1. The Balaban J connectivity index is 2.15. The number of fused-ring (bicyclic) bond motifs is 1. The van der Waals surface area contributed by atoms with E-state index < -0.39 is 5.41 Å². The van der Waals surface area contributed by atoms with Crippen molar-refractivity contribution in [2.45, 2.75) is 25.7 Å². The van der Waals surface area contributed by atoms with Gasteiger partial charge in [-0.05, 0) is 55.2 Å². The van der Waals surface area contributed by atoms with E-state index in [0.29, 0.717) is 12.0 Å². The minimum absolute atomic E-state index is 0.0943. The Hall–Kier alpha value is -1.96. The van der Waals surface area contributed by atoms with E-state index in [-0.39, 0.29) is 11.6 Å². The maximum atomic E-state index is 13.3. The second-order valence-electron chi connectivity index (χ2n) is 5.45. The van der Waals surface area contributed by atoms with Crippen LogP contribution in [0.5, 0.6) is 0 Å². The summed E-state index contributed by atoms with van der Waals surface area (Å²) in [5.41, 5.74) is 3.05. The van der Waals surface area contributed by atoms with Gasteiger partial charge in [-0.25, -0.2) is 4.39 Å². The van der Waals surface area contributed by atoms with E-state index in [1.165, 1.54) is 12.1 Å². The van der Waals surface area contributed by atoms with Gasteiger partial charge in [0.2, 0.25) is 0 Å². The number of hydrogen-bond acceptors (Lipinski definition) is 1. The van der Waals surface area contributed by atoms with E-state index in [1.54, 1.807) is 6.07 Å². The average Bonchev–Trinajstić information content (AvgIpc) is 2.62. The fourth-order valence-electron chi connectivity index (χ4n) is 3.10. The van der Waals surface area contributed by atoms with E-state index in [2.05, 4.69) is 0 Å². The van der Waals surface area contributed by atoms with Crippen LogP contribution in [0.15, 0.2) is 42.5 Å². The lowest BCUT2D eigenvalue weighted by Crippen LogP contribution is -2.30. The molecule has 96 valence electrons.